The Balaban J connectivity index is 2.30. The van der Waals surface area contributed by atoms with Crippen LogP contribution in [0.2, 0.25) is 0 Å². The Morgan fingerprint density at radius 2 is 1.87 bits per heavy atom. The van der Waals surface area contributed by atoms with Gasteiger partial charge in [0, 0.05) is 0 Å². The zero-order valence-electron chi connectivity index (χ0n) is 10.7. The van der Waals surface area contributed by atoms with Gasteiger partial charge in [0.1, 0.15) is 0 Å². The van der Waals surface area contributed by atoms with Gasteiger partial charge in [0.25, 0.3) is 0 Å². The van der Waals surface area contributed by atoms with Crippen molar-refractivity contribution in [2.45, 2.75) is 59.8 Å². The largest absolute Gasteiger partial charge is 0.0772 e. The molecule has 0 unspecified atom stereocenters. The summed E-state index contributed by atoms with van der Waals surface area (Å²) in [6, 6.07) is 0. The van der Waals surface area contributed by atoms with Gasteiger partial charge >= 0.3 is 0 Å². The van der Waals surface area contributed by atoms with Gasteiger partial charge in [0.15, 0.2) is 0 Å². The summed E-state index contributed by atoms with van der Waals surface area (Å²) < 4.78 is 0. The summed E-state index contributed by atoms with van der Waals surface area (Å²) in [5.41, 5.74) is 6.84. The molecule has 0 aromatic heterocycles. The van der Waals surface area contributed by atoms with Crippen LogP contribution in [-0.2, 0) is 0 Å². The molecule has 0 heteroatoms. The van der Waals surface area contributed by atoms with Crippen LogP contribution in [0.3, 0.4) is 0 Å². The fraction of sp³-hybridized carbons (Fsp3) is 0.733. The smallest absolute Gasteiger partial charge is 0.0137 e. The molecular formula is C15H24. The van der Waals surface area contributed by atoms with Gasteiger partial charge < -0.3 is 0 Å². The predicted molar refractivity (Wildman–Crippen MR) is 66.8 cm³/mol. The third-order valence-electron chi connectivity index (χ3n) is 4.53. The Hall–Kier alpha value is -0.520. The van der Waals surface area contributed by atoms with Gasteiger partial charge in [-0.1, -0.05) is 29.2 Å². The van der Waals surface area contributed by atoms with Crippen molar-refractivity contribution in [3.8, 4) is 0 Å². The molecule has 15 heavy (non-hydrogen) atoms. The van der Waals surface area contributed by atoms with Gasteiger partial charge in [-0.3, -0.25) is 0 Å². The van der Waals surface area contributed by atoms with Crippen LogP contribution in [-0.4, -0.2) is 0 Å². The normalized spacial score (nSPS) is 31.6. The Morgan fingerprint density at radius 1 is 1.13 bits per heavy atom. The van der Waals surface area contributed by atoms with Crippen LogP contribution in [0.4, 0.5) is 0 Å². The highest BCUT2D eigenvalue weighted by molar-refractivity contribution is 5.27. The standard InChI is InChI=1S/C15H24/c1-10(2)13-7-5-11(3)14-8-6-12(4)15(14)9-13/h12,15H,5-9H2,1-4H3/t12-,15+/m0/s1. The van der Waals surface area contributed by atoms with Crippen molar-refractivity contribution in [2.24, 2.45) is 11.8 Å². The topological polar surface area (TPSA) is 0 Å². The third-order valence-corrected chi connectivity index (χ3v) is 4.53. The minimum atomic E-state index is 0.886. The molecule has 0 spiro atoms. The van der Waals surface area contributed by atoms with Crippen LogP contribution in [0.25, 0.3) is 0 Å². The second-order valence-electron chi connectivity index (χ2n) is 5.74. The lowest BCUT2D eigenvalue weighted by Gasteiger charge is -2.18. The first-order chi connectivity index (χ1) is 7.09. The van der Waals surface area contributed by atoms with E-state index >= 15 is 0 Å². The van der Waals surface area contributed by atoms with E-state index in [9.17, 15) is 0 Å². The van der Waals surface area contributed by atoms with Gasteiger partial charge in [-0.25, -0.2) is 0 Å². The summed E-state index contributed by atoms with van der Waals surface area (Å²) >= 11 is 0. The van der Waals surface area contributed by atoms with Gasteiger partial charge in [-0.2, -0.15) is 0 Å². The van der Waals surface area contributed by atoms with Crippen molar-refractivity contribution in [1.29, 1.82) is 0 Å². The molecular weight excluding hydrogens is 180 g/mol. The maximum absolute atomic E-state index is 2.44. The average molecular weight is 204 g/mol. The fourth-order valence-electron chi connectivity index (χ4n) is 3.29. The zero-order valence-corrected chi connectivity index (χ0v) is 10.7. The van der Waals surface area contributed by atoms with E-state index in [1.54, 1.807) is 16.7 Å². The molecule has 0 radical (unpaired) electrons. The summed E-state index contributed by atoms with van der Waals surface area (Å²) in [7, 11) is 0. The molecule has 0 heterocycles. The molecule has 0 N–H and O–H groups in total. The molecule has 0 nitrogen and oxygen atoms in total. The van der Waals surface area contributed by atoms with Gasteiger partial charge in [0.2, 0.25) is 0 Å². The first kappa shape index (κ1) is 11.0. The fourth-order valence-corrected chi connectivity index (χ4v) is 3.29. The zero-order chi connectivity index (χ0) is 11.0. The van der Waals surface area contributed by atoms with Gasteiger partial charge in [-0.15, -0.1) is 0 Å². The Labute approximate surface area is 94.5 Å². The highest BCUT2D eigenvalue weighted by Gasteiger charge is 2.31. The van der Waals surface area contributed by atoms with Gasteiger partial charge in [0.05, 0.1) is 0 Å². The van der Waals surface area contributed by atoms with E-state index in [-0.39, 0.29) is 0 Å². The van der Waals surface area contributed by atoms with Crippen LogP contribution >= 0.6 is 0 Å². The summed E-state index contributed by atoms with van der Waals surface area (Å²) in [4.78, 5) is 0. The molecule has 2 aliphatic carbocycles. The molecule has 0 aliphatic heterocycles. The maximum atomic E-state index is 2.44. The van der Waals surface area contributed by atoms with Crippen molar-refractivity contribution in [3.05, 3.63) is 22.3 Å². The lowest BCUT2D eigenvalue weighted by molar-refractivity contribution is 0.453. The first-order valence-electron chi connectivity index (χ1n) is 6.43. The van der Waals surface area contributed by atoms with E-state index in [4.69, 9.17) is 0 Å². The molecule has 0 saturated heterocycles. The van der Waals surface area contributed by atoms with E-state index in [0.717, 1.165) is 11.8 Å². The molecule has 0 bridgehead atoms. The molecule has 84 valence electrons. The molecule has 0 aromatic carbocycles. The van der Waals surface area contributed by atoms with Crippen molar-refractivity contribution in [3.63, 3.8) is 0 Å². The molecule has 2 rings (SSSR count). The highest BCUT2D eigenvalue weighted by atomic mass is 14.4. The molecule has 0 aromatic rings. The molecule has 0 amide bonds. The Kier molecular flexibility index (Phi) is 3.04. The number of hydrogen-bond donors (Lipinski definition) is 0. The van der Waals surface area contributed by atoms with Crippen LogP contribution in [0, 0.1) is 11.8 Å². The number of hydrogen-bond acceptors (Lipinski definition) is 0. The first-order valence-corrected chi connectivity index (χ1v) is 6.43. The second kappa shape index (κ2) is 4.15. The van der Waals surface area contributed by atoms with E-state index in [1.807, 2.05) is 5.57 Å². The highest BCUT2D eigenvalue weighted by Crippen LogP contribution is 2.45. The molecule has 1 fully saturated rings. The van der Waals surface area contributed by atoms with E-state index < -0.39 is 0 Å². The van der Waals surface area contributed by atoms with Crippen LogP contribution < -0.4 is 0 Å². The molecule has 2 atom stereocenters. The van der Waals surface area contributed by atoms with Crippen LogP contribution in [0.1, 0.15) is 59.8 Å². The Morgan fingerprint density at radius 3 is 2.53 bits per heavy atom. The minimum Gasteiger partial charge on any atom is -0.0772 e. The Bertz CT molecular complexity index is 313. The van der Waals surface area contributed by atoms with Crippen molar-refractivity contribution < 1.29 is 0 Å². The van der Waals surface area contributed by atoms with E-state index in [0.29, 0.717) is 0 Å². The maximum Gasteiger partial charge on any atom is -0.0137 e. The van der Waals surface area contributed by atoms with Crippen LogP contribution in [0.15, 0.2) is 22.3 Å². The summed E-state index contributed by atoms with van der Waals surface area (Å²) in [5, 5.41) is 0. The minimum absolute atomic E-state index is 0.886. The third kappa shape index (κ3) is 2.04. The van der Waals surface area contributed by atoms with Crippen molar-refractivity contribution >= 4 is 0 Å². The summed E-state index contributed by atoms with van der Waals surface area (Å²) in [6.07, 6.45) is 6.80. The lowest BCUT2D eigenvalue weighted by Crippen LogP contribution is -2.06. The number of rotatable bonds is 0. The monoisotopic (exact) mass is 204 g/mol. The summed E-state index contributed by atoms with van der Waals surface area (Å²) in [6.45, 7) is 9.39. The van der Waals surface area contributed by atoms with E-state index in [1.165, 1.54) is 32.1 Å². The molecule has 2 aliphatic rings. The second-order valence-corrected chi connectivity index (χ2v) is 5.74. The predicted octanol–water partition coefficient (Wildman–Crippen LogP) is 4.87. The SMILES string of the molecule is CC(C)=C1CCC(C)=C2CC[C@H](C)[C@H]2C1. The molecule has 1 saturated carbocycles. The number of fused-ring (bicyclic) bond motifs is 1. The summed E-state index contributed by atoms with van der Waals surface area (Å²) in [5.74, 6) is 1.81. The van der Waals surface area contributed by atoms with Gasteiger partial charge in [-0.05, 0) is 64.7 Å². The lowest BCUT2D eigenvalue weighted by atomic mass is 9.87. The van der Waals surface area contributed by atoms with Crippen molar-refractivity contribution in [2.75, 3.05) is 0 Å². The van der Waals surface area contributed by atoms with Crippen LogP contribution in [0.5, 0.6) is 0 Å². The average Bonchev–Trinajstić information content (AvgIpc) is 2.43. The van der Waals surface area contributed by atoms with E-state index in [2.05, 4.69) is 27.7 Å². The van der Waals surface area contributed by atoms with Crippen molar-refractivity contribution in [1.82, 2.24) is 0 Å². The quantitative estimate of drug-likeness (QED) is 0.494. The number of allylic oxidation sites excluding steroid dienone is 4.